The van der Waals surface area contributed by atoms with E-state index in [2.05, 4.69) is 10.2 Å². The molecule has 0 unspecified atom stereocenters. The molecule has 1 fully saturated rings. The SMILES string of the molecule is CCC(=C(O)c1cccc(-n2cnnc2)c1)c1nc2cc(N3CCOCC3=O)ccc2n1CCCO. The van der Waals surface area contributed by atoms with Gasteiger partial charge in [-0.3, -0.25) is 9.36 Å². The molecule has 0 bridgehead atoms. The number of morpholine rings is 1. The molecule has 4 aromatic rings. The molecule has 36 heavy (non-hydrogen) atoms. The van der Waals surface area contributed by atoms with Crippen LogP contribution in [-0.4, -0.2) is 66.8 Å². The van der Waals surface area contributed by atoms with Gasteiger partial charge in [-0.15, -0.1) is 10.2 Å². The van der Waals surface area contributed by atoms with Gasteiger partial charge in [0, 0.05) is 42.2 Å². The number of allylic oxidation sites excluding steroid dienone is 1. The van der Waals surface area contributed by atoms with Crippen molar-refractivity contribution >= 4 is 34.0 Å². The monoisotopic (exact) mass is 488 g/mol. The van der Waals surface area contributed by atoms with Crippen molar-refractivity contribution in [3.8, 4) is 5.69 Å². The van der Waals surface area contributed by atoms with Gasteiger partial charge in [-0.05, 0) is 43.2 Å². The summed E-state index contributed by atoms with van der Waals surface area (Å²) >= 11 is 0. The summed E-state index contributed by atoms with van der Waals surface area (Å²) in [7, 11) is 0. The third kappa shape index (κ3) is 4.48. The topological polar surface area (TPSA) is 119 Å². The van der Waals surface area contributed by atoms with Crippen molar-refractivity contribution in [1.29, 1.82) is 0 Å². The van der Waals surface area contributed by atoms with Crippen molar-refractivity contribution in [2.75, 3.05) is 31.3 Å². The van der Waals surface area contributed by atoms with E-state index in [0.29, 0.717) is 49.5 Å². The Kier molecular flexibility index (Phi) is 6.79. The number of rotatable bonds is 8. The molecule has 0 saturated carbocycles. The number of aliphatic hydroxyl groups excluding tert-OH is 2. The number of aromatic nitrogens is 5. The van der Waals surface area contributed by atoms with Crippen molar-refractivity contribution in [3.63, 3.8) is 0 Å². The number of hydrogen-bond donors (Lipinski definition) is 2. The fraction of sp³-hybridized carbons (Fsp3) is 0.308. The van der Waals surface area contributed by atoms with Crippen LogP contribution in [0.4, 0.5) is 5.69 Å². The predicted molar refractivity (Wildman–Crippen MR) is 136 cm³/mol. The molecule has 0 atom stereocenters. The zero-order chi connectivity index (χ0) is 25.1. The van der Waals surface area contributed by atoms with Crippen LogP contribution in [0.15, 0.2) is 55.1 Å². The number of carbonyl (C=O) groups excluding carboxylic acids is 1. The summed E-state index contributed by atoms with van der Waals surface area (Å²) in [5, 5.41) is 28.6. The van der Waals surface area contributed by atoms with E-state index in [1.807, 2.05) is 54.0 Å². The number of ether oxygens (including phenoxy) is 1. The molecule has 10 nitrogen and oxygen atoms in total. The van der Waals surface area contributed by atoms with Crippen molar-refractivity contribution in [2.45, 2.75) is 26.3 Å². The van der Waals surface area contributed by atoms with Gasteiger partial charge in [-0.25, -0.2) is 4.98 Å². The van der Waals surface area contributed by atoms with Gasteiger partial charge < -0.3 is 24.4 Å². The molecule has 1 amide bonds. The molecule has 0 aliphatic carbocycles. The van der Waals surface area contributed by atoms with E-state index < -0.39 is 0 Å². The smallest absolute Gasteiger partial charge is 0.253 e. The van der Waals surface area contributed by atoms with Gasteiger partial charge in [0.05, 0.1) is 17.6 Å². The third-order valence-corrected chi connectivity index (χ3v) is 6.31. The first-order valence-electron chi connectivity index (χ1n) is 12.0. The number of benzene rings is 2. The Labute approximate surface area is 208 Å². The van der Waals surface area contributed by atoms with Gasteiger partial charge >= 0.3 is 0 Å². The Hall–Kier alpha value is -4.02. The van der Waals surface area contributed by atoms with Crippen LogP contribution < -0.4 is 4.90 Å². The summed E-state index contributed by atoms with van der Waals surface area (Å²) in [5.74, 6) is 0.690. The highest BCUT2D eigenvalue weighted by Gasteiger charge is 2.23. The van der Waals surface area contributed by atoms with Crippen LogP contribution in [0, 0.1) is 0 Å². The van der Waals surface area contributed by atoms with Gasteiger partial charge in [0.2, 0.25) is 0 Å². The lowest BCUT2D eigenvalue weighted by Crippen LogP contribution is -2.41. The minimum atomic E-state index is -0.0831. The molecule has 2 aromatic heterocycles. The highest BCUT2D eigenvalue weighted by atomic mass is 16.5. The van der Waals surface area contributed by atoms with Crippen LogP contribution in [-0.2, 0) is 16.1 Å². The molecule has 2 N–H and O–H groups in total. The third-order valence-electron chi connectivity index (χ3n) is 6.31. The quantitative estimate of drug-likeness (QED) is 0.366. The molecule has 1 saturated heterocycles. The second-order valence-electron chi connectivity index (χ2n) is 8.54. The second kappa shape index (κ2) is 10.3. The maximum atomic E-state index is 12.4. The first-order valence-corrected chi connectivity index (χ1v) is 12.0. The van der Waals surface area contributed by atoms with E-state index in [-0.39, 0.29) is 24.9 Å². The standard InChI is InChI=1S/C26H28N6O4/c1-2-21(25(35)18-5-3-6-19(13-18)30-16-27-28-17-30)26-29-22-14-20(31-10-12-36-15-24(31)34)7-8-23(22)32(26)9-4-11-33/h3,5-8,13-14,16-17,33,35H,2,4,9-12,15H2,1H3. The molecular weight excluding hydrogens is 460 g/mol. The number of aliphatic hydroxyl groups is 2. The number of hydrogen-bond acceptors (Lipinski definition) is 7. The number of imidazole rings is 1. The summed E-state index contributed by atoms with van der Waals surface area (Å²) in [6.45, 7) is 3.60. The maximum Gasteiger partial charge on any atom is 0.253 e. The zero-order valence-corrected chi connectivity index (χ0v) is 20.0. The van der Waals surface area contributed by atoms with Crippen molar-refractivity contribution in [1.82, 2.24) is 24.3 Å². The van der Waals surface area contributed by atoms with Crippen molar-refractivity contribution in [2.24, 2.45) is 0 Å². The highest BCUT2D eigenvalue weighted by molar-refractivity contribution is 5.97. The van der Waals surface area contributed by atoms with Gasteiger partial charge in [0.25, 0.3) is 5.91 Å². The van der Waals surface area contributed by atoms with Gasteiger partial charge in [-0.2, -0.15) is 0 Å². The number of amides is 1. The molecule has 186 valence electrons. The normalized spacial score (nSPS) is 14.9. The number of carbonyl (C=O) groups is 1. The lowest BCUT2D eigenvalue weighted by atomic mass is 10.0. The van der Waals surface area contributed by atoms with Gasteiger partial charge in [0.15, 0.2) is 0 Å². The molecule has 2 aromatic carbocycles. The van der Waals surface area contributed by atoms with E-state index in [9.17, 15) is 15.0 Å². The van der Waals surface area contributed by atoms with Gasteiger partial charge in [-0.1, -0.05) is 19.1 Å². The highest BCUT2D eigenvalue weighted by Crippen LogP contribution is 2.32. The molecule has 1 aliphatic rings. The van der Waals surface area contributed by atoms with Crippen LogP contribution >= 0.6 is 0 Å². The molecular formula is C26H28N6O4. The summed E-state index contributed by atoms with van der Waals surface area (Å²) in [5.41, 5.74) is 4.53. The van der Waals surface area contributed by atoms with E-state index in [4.69, 9.17) is 9.72 Å². The summed E-state index contributed by atoms with van der Waals surface area (Å²) in [6, 6.07) is 13.3. The van der Waals surface area contributed by atoms with Crippen molar-refractivity contribution in [3.05, 3.63) is 66.5 Å². The first-order chi connectivity index (χ1) is 17.6. The predicted octanol–water partition coefficient (Wildman–Crippen LogP) is 3.20. The van der Waals surface area contributed by atoms with E-state index in [0.717, 1.165) is 22.4 Å². The molecule has 5 rings (SSSR count). The first kappa shape index (κ1) is 23.7. The zero-order valence-electron chi connectivity index (χ0n) is 20.0. The Morgan fingerprint density at radius 1 is 1.11 bits per heavy atom. The Morgan fingerprint density at radius 2 is 1.94 bits per heavy atom. The van der Waals surface area contributed by atoms with Crippen LogP contribution in [0.3, 0.4) is 0 Å². The van der Waals surface area contributed by atoms with Crippen LogP contribution in [0.5, 0.6) is 0 Å². The van der Waals surface area contributed by atoms with Crippen LogP contribution in [0.2, 0.25) is 0 Å². The summed E-state index contributed by atoms with van der Waals surface area (Å²) in [6.07, 6.45) is 4.29. The average molecular weight is 489 g/mol. The lowest BCUT2D eigenvalue weighted by molar-refractivity contribution is -0.125. The number of fused-ring (bicyclic) bond motifs is 1. The minimum absolute atomic E-state index is 0.0393. The fourth-order valence-corrected chi connectivity index (χ4v) is 4.52. The molecule has 0 spiro atoms. The Bertz CT molecular complexity index is 1410. The fourth-order valence-electron chi connectivity index (χ4n) is 4.52. The number of anilines is 1. The molecule has 0 radical (unpaired) electrons. The maximum absolute atomic E-state index is 12.4. The van der Waals surface area contributed by atoms with E-state index in [1.165, 1.54) is 0 Å². The van der Waals surface area contributed by atoms with E-state index in [1.54, 1.807) is 22.1 Å². The lowest BCUT2D eigenvalue weighted by Gasteiger charge is -2.26. The minimum Gasteiger partial charge on any atom is -0.507 e. The number of aryl methyl sites for hydroxylation is 1. The Balaban J connectivity index is 1.61. The Morgan fingerprint density at radius 3 is 2.69 bits per heavy atom. The average Bonchev–Trinajstić information content (AvgIpc) is 3.56. The molecule has 3 heterocycles. The van der Waals surface area contributed by atoms with E-state index >= 15 is 0 Å². The number of nitrogens with zero attached hydrogens (tertiary/aromatic N) is 6. The van der Waals surface area contributed by atoms with Crippen LogP contribution in [0.25, 0.3) is 28.1 Å². The van der Waals surface area contributed by atoms with Crippen LogP contribution in [0.1, 0.15) is 31.2 Å². The van der Waals surface area contributed by atoms with Gasteiger partial charge in [0.1, 0.15) is 30.8 Å². The summed E-state index contributed by atoms with van der Waals surface area (Å²) in [4.78, 5) is 19.0. The second-order valence-corrected chi connectivity index (χ2v) is 8.54. The largest absolute Gasteiger partial charge is 0.507 e. The summed E-state index contributed by atoms with van der Waals surface area (Å²) < 4.78 is 9.05. The van der Waals surface area contributed by atoms with Crippen molar-refractivity contribution < 1.29 is 19.7 Å². The molecule has 10 heteroatoms. The molecule has 1 aliphatic heterocycles.